The maximum atomic E-state index is 13.1. The van der Waals surface area contributed by atoms with Crippen molar-refractivity contribution in [3.63, 3.8) is 0 Å². The van der Waals surface area contributed by atoms with Crippen LogP contribution in [0.4, 0.5) is 0 Å². The lowest BCUT2D eigenvalue weighted by molar-refractivity contribution is -0.138. The van der Waals surface area contributed by atoms with Crippen molar-refractivity contribution in [2.75, 3.05) is 19.6 Å². The number of imide groups is 1. The van der Waals surface area contributed by atoms with Crippen LogP contribution in [0.1, 0.15) is 43.9 Å². The average Bonchev–Trinajstić information content (AvgIpc) is 2.81. The first-order chi connectivity index (χ1) is 12.3. The summed E-state index contributed by atoms with van der Waals surface area (Å²) in [7, 11) is 0. The SMILES string of the molecule is CCCN1C(=O)C(c2ccc(C)c(C)c2)=C(N2CC(C)OC(C)C2)C1=O. The molecule has 1 saturated heterocycles. The molecule has 1 fully saturated rings. The van der Waals surface area contributed by atoms with Crippen LogP contribution in [-0.2, 0) is 14.3 Å². The van der Waals surface area contributed by atoms with Crippen molar-refractivity contribution in [1.82, 2.24) is 9.80 Å². The van der Waals surface area contributed by atoms with E-state index in [-0.39, 0.29) is 24.0 Å². The first-order valence-electron chi connectivity index (χ1n) is 9.42. The normalized spacial score (nSPS) is 24.0. The highest BCUT2D eigenvalue weighted by atomic mass is 16.5. The number of nitrogens with zero attached hydrogens (tertiary/aromatic N) is 2. The molecule has 0 aliphatic carbocycles. The van der Waals surface area contributed by atoms with Crippen LogP contribution in [-0.4, -0.2) is 53.5 Å². The summed E-state index contributed by atoms with van der Waals surface area (Å²) in [5.41, 5.74) is 4.19. The topological polar surface area (TPSA) is 49.9 Å². The van der Waals surface area contributed by atoms with Crippen molar-refractivity contribution >= 4 is 17.4 Å². The highest BCUT2D eigenvalue weighted by Crippen LogP contribution is 2.34. The predicted octanol–water partition coefficient (Wildman–Crippen LogP) is 2.90. The van der Waals surface area contributed by atoms with E-state index in [9.17, 15) is 9.59 Å². The number of rotatable bonds is 4. The van der Waals surface area contributed by atoms with E-state index in [1.807, 2.05) is 57.7 Å². The van der Waals surface area contributed by atoms with E-state index < -0.39 is 0 Å². The van der Waals surface area contributed by atoms with Crippen molar-refractivity contribution in [2.45, 2.75) is 53.2 Å². The summed E-state index contributed by atoms with van der Waals surface area (Å²) in [4.78, 5) is 29.7. The van der Waals surface area contributed by atoms with E-state index in [0.717, 1.165) is 17.5 Å². The van der Waals surface area contributed by atoms with Gasteiger partial charge in [-0.3, -0.25) is 14.5 Å². The fourth-order valence-electron chi connectivity index (χ4n) is 3.80. The van der Waals surface area contributed by atoms with Gasteiger partial charge in [-0.2, -0.15) is 0 Å². The molecule has 0 bridgehead atoms. The monoisotopic (exact) mass is 356 g/mol. The second-order valence-corrected chi connectivity index (χ2v) is 7.45. The van der Waals surface area contributed by atoms with Crippen molar-refractivity contribution in [3.05, 3.63) is 40.6 Å². The number of ether oxygens (including phenoxy) is 1. The highest BCUT2D eigenvalue weighted by Gasteiger charge is 2.42. The molecule has 0 radical (unpaired) electrons. The molecule has 5 heteroatoms. The average molecular weight is 356 g/mol. The number of hydrogen-bond donors (Lipinski definition) is 0. The van der Waals surface area contributed by atoms with E-state index in [1.165, 1.54) is 10.5 Å². The van der Waals surface area contributed by atoms with Gasteiger partial charge in [0.15, 0.2) is 0 Å². The van der Waals surface area contributed by atoms with Gasteiger partial charge in [0.25, 0.3) is 11.8 Å². The van der Waals surface area contributed by atoms with E-state index in [0.29, 0.717) is 30.9 Å². The number of amides is 2. The molecule has 0 aromatic heterocycles. The summed E-state index contributed by atoms with van der Waals surface area (Å²) < 4.78 is 5.81. The molecular weight excluding hydrogens is 328 g/mol. The Morgan fingerprint density at radius 3 is 2.27 bits per heavy atom. The van der Waals surface area contributed by atoms with Crippen molar-refractivity contribution in [3.8, 4) is 0 Å². The van der Waals surface area contributed by atoms with Crippen molar-refractivity contribution in [2.24, 2.45) is 0 Å². The second-order valence-electron chi connectivity index (χ2n) is 7.45. The Morgan fingerprint density at radius 2 is 1.69 bits per heavy atom. The van der Waals surface area contributed by atoms with Crippen LogP contribution in [0.3, 0.4) is 0 Å². The molecule has 2 unspecified atom stereocenters. The van der Waals surface area contributed by atoms with Gasteiger partial charge >= 0.3 is 0 Å². The van der Waals surface area contributed by atoms with Gasteiger partial charge in [-0.05, 0) is 50.8 Å². The number of carbonyl (C=O) groups excluding carboxylic acids is 2. The summed E-state index contributed by atoms with van der Waals surface area (Å²) in [6, 6.07) is 5.98. The molecule has 2 heterocycles. The quantitative estimate of drug-likeness (QED) is 0.779. The van der Waals surface area contributed by atoms with Gasteiger partial charge in [0.1, 0.15) is 5.70 Å². The van der Waals surface area contributed by atoms with Gasteiger partial charge in [0.2, 0.25) is 0 Å². The van der Waals surface area contributed by atoms with Gasteiger partial charge in [0, 0.05) is 19.6 Å². The molecular formula is C21H28N2O3. The summed E-state index contributed by atoms with van der Waals surface area (Å²) in [6.45, 7) is 11.7. The summed E-state index contributed by atoms with van der Waals surface area (Å²) in [5.74, 6) is -0.353. The first kappa shape index (κ1) is 18.6. The van der Waals surface area contributed by atoms with Crippen LogP contribution < -0.4 is 0 Å². The molecule has 0 spiro atoms. The Bertz CT molecular complexity index is 759. The number of carbonyl (C=O) groups is 2. The first-order valence-corrected chi connectivity index (χ1v) is 9.42. The van der Waals surface area contributed by atoms with Gasteiger partial charge in [0.05, 0.1) is 17.8 Å². The molecule has 0 saturated carbocycles. The Hall–Kier alpha value is -2.14. The molecule has 26 heavy (non-hydrogen) atoms. The summed E-state index contributed by atoms with van der Waals surface area (Å²) >= 11 is 0. The lowest BCUT2D eigenvalue weighted by Gasteiger charge is -2.37. The van der Waals surface area contributed by atoms with E-state index in [2.05, 4.69) is 0 Å². The Balaban J connectivity index is 2.11. The fourth-order valence-corrected chi connectivity index (χ4v) is 3.80. The van der Waals surface area contributed by atoms with Gasteiger partial charge < -0.3 is 9.64 Å². The van der Waals surface area contributed by atoms with E-state index in [4.69, 9.17) is 4.74 Å². The molecule has 1 aromatic carbocycles. The molecule has 2 amide bonds. The molecule has 5 nitrogen and oxygen atoms in total. The second kappa shape index (κ2) is 7.23. The predicted molar refractivity (Wildman–Crippen MR) is 101 cm³/mol. The number of benzene rings is 1. The highest BCUT2D eigenvalue weighted by molar-refractivity contribution is 6.35. The lowest BCUT2D eigenvalue weighted by Crippen LogP contribution is -2.47. The molecule has 140 valence electrons. The zero-order chi connectivity index (χ0) is 19.0. The standard InChI is InChI=1S/C21H28N2O3/c1-6-9-23-20(24)18(17-8-7-13(2)14(3)10-17)19(21(23)25)22-11-15(4)26-16(5)12-22/h7-8,10,15-16H,6,9,11-12H2,1-5H3. The van der Waals surface area contributed by atoms with Crippen LogP contribution in [0, 0.1) is 13.8 Å². The third-order valence-electron chi connectivity index (χ3n) is 5.12. The van der Waals surface area contributed by atoms with Crippen molar-refractivity contribution < 1.29 is 14.3 Å². The van der Waals surface area contributed by atoms with Crippen LogP contribution >= 0.6 is 0 Å². The minimum Gasteiger partial charge on any atom is -0.372 e. The summed E-state index contributed by atoms with van der Waals surface area (Å²) in [5, 5.41) is 0. The van der Waals surface area contributed by atoms with Crippen molar-refractivity contribution in [1.29, 1.82) is 0 Å². The number of hydrogen-bond acceptors (Lipinski definition) is 4. The maximum absolute atomic E-state index is 13.1. The lowest BCUT2D eigenvalue weighted by atomic mass is 9.99. The smallest absolute Gasteiger partial charge is 0.277 e. The van der Waals surface area contributed by atoms with Gasteiger partial charge in [-0.25, -0.2) is 0 Å². The zero-order valence-electron chi connectivity index (χ0n) is 16.3. The minimum atomic E-state index is -0.179. The molecule has 2 aliphatic heterocycles. The van der Waals surface area contributed by atoms with Crippen LogP contribution in [0.25, 0.3) is 5.57 Å². The maximum Gasteiger partial charge on any atom is 0.277 e. The minimum absolute atomic E-state index is 0.0235. The number of morpholine rings is 1. The van der Waals surface area contributed by atoms with Gasteiger partial charge in [-0.15, -0.1) is 0 Å². The Kier molecular flexibility index (Phi) is 5.19. The van der Waals surface area contributed by atoms with Crippen LogP contribution in [0.15, 0.2) is 23.9 Å². The molecule has 3 rings (SSSR count). The zero-order valence-corrected chi connectivity index (χ0v) is 16.3. The Morgan fingerprint density at radius 1 is 1.04 bits per heavy atom. The molecule has 1 aromatic rings. The molecule has 2 aliphatic rings. The molecule has 2 atom stereocenters. The summed E-state index contributed by atoms with van der Waals surface area (Å²) in [6.07, 6.45) is 0.798. The van der Waals surface area contributed by atoms with Gasteiger partial charge in [-0.1, -0.05) is 25.1 Å². The third kappa shape index (κ3) is 3.28. The largest absolute Gasteiger partial charge is 0.372 e. The van der Waals surface area contributed by atoms with E-state index >= 15 is 0 Å². The van der Waals surface area contributed by atoms with E-state index in [1.54, 1.807) is 0 Å². The number of aryl methyl sites for hydroxylation is 2. The Labute approximate surface area is 155 Å². The third-order valence-corrected chi connectivity index (χ3v) is 5.12. The van der Waals surface area contributed by atoms with Crippen LogP contribution in [0.2, 0.25) is 0 Å². The fraction of sp³-hybridized carbons (Fsp3) is 0.524. The van der Waals surface area contributed by atoms with Crippen LogP contribution in [0.5, 0.6) is 0 Å². The molecule has 0 N–H and O–H groups in total.